The smallest absolute Gasteiger partial charge is 0.119 e. The first-order valence-corrected chi connectivity index (χ1v) is 11.8. The lowest BCUT2D eigenvalue weighted by Crippen LogP contribution is -2.68. The molecule has 32 heavy (non-hydrogen) atoms. The van der Waals surface area contributed by atoms with Crippen LogP contribution in [-0.4, -0.2) is 42.8 Å². The monoisotopic (exact) mass is 428 g/mol. The van der Waals surface area contributed by atoms with Gasteiger partial charge in [-0.25, -0.2) is 0 Å². The molecule has 3 aliphatic rings. The van der Waals surface area contributed by atoms with E-state index in [0.717, 1.165) is 28.2 Å². The number of hydrogen-bond donors (Lipinski definition) is 1. The number of methoxy groups -OCH3 is 1. The first kappa shape index (κ1) is 21.2. The maximum Gasteiger partial charge on any atom is 0.119 e. The van der Waals surface area contributed by atoms with E-state index in [-0.39, 0.29) is 6.04 Å². The van der Waals surface area contributed by atoms with Gasteiger partial charge in [-0.15, -0.1) is 6.58 Å². The number of hydrogen-bond acceptors (Lipinski definition) is 3. The van der Waals surface area contributed by atoms with Gasteiger partial charge in [-0.2, -0.15) is 0 Å². The molecule has 0 aliphatic carbocycles. The van der Waals surface area contributed by atoms with Crippen LogP contribution in [0, 0.1) is 11.8 Å². The Hall–Kier alpha value is -2.69. The summed E-state index contributed by atoms with van der Waals surface area (Å²) in [4.78, 5) is 4.64. The number of likely N-dealkylation sites (N-methyl/N-ethyl adjacent to an activating group) is 1. The summed E-state index contributed by atoms with van der Waals surface area (Å²) in [6, 6.07) is 20.2. The van der Waals surface area contributed by atoms with Crippen LogP contribution in [0.2, 0.25) is 0 Å². The molecule has 1 aromatic heterocycles. The number of aromatic nitrogens is 1. The van der Waals surface area contributed by atoms with E-state index in [2.05, 4.69) is 78.5 Å². The Kier molecular flexibility index (Phi) is 5.75. The fourth-order valence-electron chi connectivity index (χ4n) is 6.45. The molecule has 0 unspecified atom stereocenters. The zero-order valence-electron chi connectivity index (χ0n) is 19.2. The standard InChI is InChI=1S/C28H34N3O/c1-4-21-19-31(18-20-8-6-5-7-9-20)15-13-22(21)16-27(31)28(29-2)24-12-14-30-26-11-10-23(32-3)17-25(24)26/h4-12,14,17,21-22,27-29H,1,13,15-16,18-19H2,2-3H3/q+1/t21-,22-,27+,28-,31+/m0/s1. The summed E-state index contributed by atoms with van der Waals surface area (Å²) in [5.41, 5.74) is 3.78. The Morgan fingerprint density at radius 2 is 2.06 bits per heavy atom. The molecular weight excluding hydrogens is 394 g/mol. The lowest BCUT2D eigenvalue weighted by molar-refractivity contribution is -0.983. The summed E-state index contributed by atoms with van der Waals surface area (Å²) in [7, 11) is 3.85. The number of pyridine rings is 1. The molecule has 4 heteroatoms. The van der Waals surface area contributed by atoms with Gasteiger partial charge in [0.1, 0.15) is 18.3 Å². The second-order valence-electron chi connectivity index (χ2n) is 9.57. The number of rotatable bonds is 7. The van der Waals surface area contributed by atoms with E-state index >= 15 is 0 Å². The van der Waals surface area contributed by atoms with Crippen molar-refractivity contribution in [2.75, 3.05) is 27.2 Å². The number of benzene rings is 2. The van der Waals surface area contributed by atoms with Gasteiger partial charge in [-0.3, -0.25) is 4.98 Å². The number of piperidine rings is 3. The lowest BCUT2D eigenvalue weighted by atomic mass is 9.70. The third-order valence-electron chi connectivity index (χ3n) is 8.03. The third kappa shape index (κ3) is 3.62. The second kappa shape index (κ2) is 8.68. The molecule has 0 saturated carbocycles. The van der Waals surface area contributed by atoms with Crippen molar-refractivity contribution in [3.05, 3.63) is 84.6 Å². The molecule has 4 heterocycles. The normalized spacial score (nSPS) is 27.9. The summed E-state index contributed by atoms with van der Waals surface area (Å²) in [5.74, 6) is 2.22. The fourth-order valence-corrected chi connectivity index (χ4v) is 6.45. The highest BCUT2D eigenvalue weighted by molar-refractivity contribution is 5.84. The van der Waals surface area contributed by atoms with E-state index in [1.165, 1.54) is 42.4 Å². The Bertz CT molecular complexity index is 1100. The van der Waals surface area contributed by atoms with Gasteiger partial charge in [0.25, 0.3) is 0 Å². The maximum atomic E-state index is 5.55. The van der Waals surface area contributed by atoms with E-state index in [1.807, 2.05) is 12.3 Å². The van der Waals surface area contributed by atoms with Crippen LogP contribution in [0.25, 0.3) is 10.9 Å². The Labute approximate surface area is 191 Å². The summed E-state index contributed by atoms with van der Waals surface area (Å²) < 4.78 is 6.67. The quantitative estimate of drug-likeness (QED) is 0.419. The van der Waals surface area contributed by atoms with E-state index < -0.39 is 0 Å². The van der Waals surface area contributed by atoms with Crippen molar-refractivity contribution in [1.29, 1.82) is 0 Å². The van der Waals surface area contributed by atoms with Crippen LogP contribution in [0.4, 0.5) is 0 Å². The molecule has 3 aliphatic heterocycles. The Morgan fingerprint density at radius 1 is 1.22 bits per heavy atom. The number of fused-ring (bicyclic) bond motifs is 4. The molecular formula is C28H34N3O+. The highest BCUT2D eigenvalue weighted by Gasteiger charge is 2.53. The van der Waals surface area contributed by atoms with Crippen molar-refractivity contribution in [3.63, 3.8) is 0 Å². The fraction of sp³-hybridized carbons (Fsp3) is 0.393. The first-order valence-electron chi connectivity index (χ1n) is 11.8. The molecule has 2 bridgehead atoms. The van der Waals surface area contributed by atoms with Crippen LogP contribution in [0.5, 0.6) is 5.75 Å². The minimum atomic E-state index is 0.255. The van der Waals surface area contributed by atoms with Gasteiger partial charge in [0.15, 0.2) is 0 Å². The van der Waals surface area contributed by atoms with Crippen LogP contribution in [-0.2, 0) is 6.54 Å². The average molecular weight is 429 g/mol. The van der Waals surface area contributed by atoms with E-state index in [1.54, 1.807) is 7.11 Å². The zero-order chi connectivity index (χ0) is 22.1. The topological polar surface area (TPSA) is 34.2 Å². The van der Waals surface area contributed by atoms with Crippen LogP contribution in [0.3, 0.4) is 0 Å². The van der Waals surface area contributed by atoms with Crippen molar-refractivity contribution >= 4 is 10.9 Å². The van der Waals surface area contributed by atoms with E-state index in [0.29, 0.717) is 12.0 Å². The highest BCUT2D eigenvalue weighted by Crippen LogP contribution is 2.48. The predicted octanol–water partition coefficient (Wildman–Crippen LogP) is 5.12. The van der Waals surface area contributed by atoms with Crippen LogP contribution >= 0.6 is 0 Å². The summed E-state index contributed by atoms with van der Waals surface area (Å²) >= 11 is 0. The number of ether oxygens (including phenoxy) is 1. The molecule has 0 spiro atoms. The van der Waals surface area contributed by atoms with Gasteiger partial charge in [0, 0.05) is 35.9 Å². The van der Waals surface area contributed by atoms with Gasteiger partial charge in [0.05, 0.1) is 31.8 Å². The summed E-state index contributed by atoms with van der Waals surface area (Å²) in [5, 5.41) is 4.92. The van der Waals surface area contributed by atoms with Gasteiger partial charge in [-0.05, 0) is 42.8 Å². The molecule has 2 aromatic carbocycles. The van der Waals surface area contributed by atoms with Crippen molar-refractivity contribution in [3.8, 4) is 5.75 Å². The molecule has 5 atom stereocenters. The molecule has 166 valence electrons. The molecule has 3 fully saturated rings. The first-order chi connectivity index (χ1) is 15.7. The molecule has 3 aromatic rings. The largest absolute Gasteiger partial charge is 0.497 e. The molecule has 6 rings (SSSR count). The number of nitrogens with zero attached hydrogens (tertiary/aromatic N) is 2. The van der Waals surface area contributed by atoms with E-state index in [9.17, 15) is 0 Å². The molecule has 3 saturated heterocycles. The molecule has 4 nitrogen and oxygen atoms in total. The minimum Gasteiger partial charge on any atom is -0.497 e. The van der Waals surface area contributed by atoms with Gasteiger partial charge in [-0.1, -0.05) is 36.4 Å². The average Bonchev–Trinajstić information content (AvgIpc) is 2.85. The van der Waals surface area contributed by atoms with Gasteiger partial charge in [0.2, 0.25) is 0 Å². The molecule has 0 amide bonds. The van der Waals surface area contributed by atoms with Crippen LogP contribution < -0.4 is 10.1 Å². The third-order valence-corrected chi connectivity index (χ3v) is 8.03. The summed E-state index contributed by atoms with van der Waals surface area (Å²) in [6.07, 6.45) is 6.70. The van der Waals surface area contributed by atoms with Crippen LogP contribution in [0.15, 0.2) is 73.4 Å². The summed E-state index contributed by atoms with van der Waals surface area (Å²) in [6.45, 7) is 7.69. The van der Waals surface area contributed by atoms with Gasteiger partial charge < -0.3 is 14.5 Å². The van der Waals surface area contributed by atoms with Crippen molar-refractivity contribution in [2.24, 2.45) is 11.8 Å². The SMILES string of the molecule is C=C[C@H]1C[N@+]2(Cc3ccccc3)CC[C@H]1C[C@@H]2[C@@H](NC)c1ccnc2ccc(OC)cc12. The van der Waals surface area contributed by atoms with Crippen molar-refractivity contribution in [1.82, 2.24) is 10.3 Å². The van der Waals surface area contributed by atoms with Crippen LogP contribution in [0.1, 0.15) is 30.0 Å². The van der Waals surface area contributed by atoms with Crippen molar-refractivity contribution < 1.29 is 9.22 Å². The lowest BCUT2D eigenvalue weighted by Gasteiger charge is -2.59. The van der Waals surface area contributed by atoms with Crippen molar-refractivity contribution in [2.45, 2.75) is 31.5 Å². The molecule has 0 radical (unpaired) electrons. The zero-order valence-corrected chi connectivity index (χ0v) is 19.2. The highest BCUT2D eigenvalue weighted by atomic mass is 16.5. The number of nitrogens with one attached hydrogen (secondary N) is 1. The Balaban J connectivity index is 1.59. The molecule has 1 N–H and O–H groups in total. The maximum absolute atomic E-state index is 5.55. The van der Waals surface area contributed by atoms with Gasteiger partial charge >= 0.3 is 0 Å². The number of quaternary nitrogens is 1. The van der Waals surface area contributed by atoms with E-state index in [4.69, 9.17) is 4.74 Å². The minimum absolute atomic E-state index is 0.255. The Morgan fingerprint density at radius 3 is 2.81 bits per heavy atom. The second-order valence-corrected chi connectivity index (χ2v) is 9.57. The predicted molar refractivity (Wildman–Crippen MR) is 130 cm³/mol.